The lowest BCUT2D eigenvalue weighted by Gasteiger charge is -2.11. The van der Waals surface area contributed by atoms with Gasteiger partial charge in [-0.25, -0.2) is 0 Å². The molecule has 0 amide bonds. The molecule has 6 heteroatoms. The van der Waals surface area contributed by atoms with Crippen molar-refractivity contribution < 1.29 is 9.79 Å². The molecule has 6 nitrogen and oxygen atoms in total. The molecule has 0 unspecified atom stereocenters. The van der Waals surface area contributed by atoms with Crippen molar-refractivity contribution in [3.05, 3.63) is 126 Å². The first kappa shape index (κ1) is 25.5. The fourth-order valence-electron chi connectivity index (χ4n) is 5.66. The van der Waals surface area contributed by atoms with E-state index in [4.69, 9.17) is 0 Å². The van der Waals surface area contributed by atoms with Crippen LogP contribution >= 0.6 is 0 Å². The summed E-state index contributed by atoms with van der Waals surface area (Å²) in [5.41, 5.74) is 8.17. The van der Waals surface area contributed by atoms with E-state index in [0.717, 1.165) is 66.3 Å². The van der Waals surface area contributed by atoms with Crippen LogP contribution in [0.25, 0.3) is 44.5 Å². The van der Waals surface area contributed by atoms with Crippen LogP contribution in [0.4, 0.5) is 17.1 Å². The quantitative estimate of drug-likeness (QED) is 0.179. The van der Waals surface area contributed by atoms with Crippen LogP contribution in [0.1, 0.15) is 5.56 Å². The van der Waals surface area contributed by atoms with Crippen molar-refractivity contribution in [2.24, 2.45) is 17.3 Å². The number of phenolic OH excluding ortho intramolecular Hbond substituents is 1. The van der Waals surface area contributed by atoms with E-state index in [0.29, 0.717) is 0 Å². The molecule has 7 aromatic rings. The Hall–Kier alpha value is -5.49. The largest absolute Gasteiger partial charge is 0.508 e. The van der Waals surface area contributed by atoms with E-state index in [1.54, 1.807) is 6.07 Å². The van der Waals surface area contributed by atoms with Crippen molar-refractivity contribution in [1.29, 1.82) is 0 Å². The molecular formula is C36H30N5O+. The molecule has 0 aliphatic carbocycles. The normalized spacial score (nSPS) is 12.3. The second-order valence-electron chi connectivity index (χ2n) is 10.7. The Labute approximate surface area is 243 Å². The van der Waals surface area contributed by atoms with Gasteiger partial charge in [0.15, 0.2) is 7.05 Å². The Balaban J connectivity index is 1.29. The van der Waals surface area contributed by atoms with Crippen LogP contribution in [-0.2, 0) is 7.05 Å². The van der Waals surface area contributed by atoms with Gasteiger partial charge in [-0.1, -0.05) is 48.5 Å². The summed E-state index contributed by atoms with van der Waals surface area (Å²) >= 11 is 0. The van der Waals surface area contributed by atoms with Gasteiger partial charge >= 0.3 is 0 Å². The Bertz CT molecular complexity index is 2170. The van der Waals surface area contributed by atoms with E-state index in [1.165, 1.54) is 0 Å². The zero-order chi connectivity index (χ0) is 28.8. The third-order valence-electron chi connectivity index (χ3n) is 7.85. The number of benzene rings is 5. The summed E-state index contributed by atoms with van der Waals surface area (Å²) in [6.45, 7) is 0. The van der Waals surface area contributed by atoms with Crippen LogP contribution in [0.15, 0.2) is 125 Å². The Morgan fingerprint density at radius 2 is 1.50 bits per heavy atom. The molecule has 0 spiro atoms. The van der Waals surface area contributed by atoms with Gasteiger partial charge in [-0.2, -0.15) is 5.11 Å². The van der Waals surface area contributed by atoms with Gasteiger partial charge in [0.2, 0.25) is 5.69 Å². The van der Waals surface area contributed by atoms with Crippen molar-refractivity contribution in [1.82, 2.24) is 4.52 Å². The molecule has 2 aromatic heterocycles. The first-order valence-corrected chi connectivity index (χ1v) is 13.9. The molecule has 0 aliphatic heterocycles. The number of phenols is 1. The van der Waals surface area contributed by atoms with Gasteiger partial charge < -0.3 is 10.0 Å². The molecule has 7 rings (SSSR count). The van der Waals surface area contributed by atoms with Gasteiger partial charge in [0, 0.05) is 47.4 Å². The summed E-state index contributed by atoms with van der Waals surface area (Å²) in [7, 11) is 6.15. The number of anilines is 1. The average Bonchev–Trinajstić information content (AvgIpc) is 3.50. The summed E-state index contributed by atoms with van der Waals surface area (Å²) in [5, 5.41) is 23.7. The van der Waals surface area contributed by atoms with Crippen LogP contribution in [0.3, 0.4) is 0 Å². The first-order chi connectivity index (χ1) is 20.5. The lowest BCUT2D eigenvalue weighted by Crippen LogP contribution is -2.36. The predicted molar refractivity (Wildman–Crippen MR) is 171 cm³/mol. The van der Waals surface area contributed by atoms with Crippen LogP contribution in [0.2, 0.25) is 0 Å². The molecule has 0 atom stereocenters. The van der Waals surface area contributed by atoms with Crippen molar-refractivity contribution >= 4 is 50.3 Å². The summed E-state index contributed by atoms with van der Waals surface area (Å²) in [6.07, 6.45) is 2.19. The maximum atomic E-state index is 10.3. The number of rotatable bonds is 5. The summed E-state index contributed by atoms with van der Waals surface area (Å²) < 4.78 is 4.37. The second-order valence-corrected chi connectivity index (χ2v) is 10.7. The van der Waals surface area contributed by atoms with Crippen LogP contribution in [-0.4, -0.2) is 23.7 Å². The number of aromatic nitrogens is 2. The lowest BCUT2D eigenvalue weighted by molar-refractivity contribution is -0.725. The summed E-state index contributed by atoms with van der Waals surface area (Å²) in [5.74, 6) is 0.254. The standard InChI is InChI=1S/C36H29N5O/c1-39(2)28-17-11-24(12-18-28)21-31-32-22-29(42)19-20-34(32)41-36(31)23-35(40(41)3)26-13-15-27(16-14-26)37-38-33-10-6-8-25-7-4-5-9-30(25)33/h4-23H,1-3H3/p+1. The van der Waals surface area contributed by atoms with Crippen LogP contribution < -0.4 is 14.8 Å². The predicted octanol–water partition coefficient (Wildman–Crippen LogP) is 7.47. The second kappa shape index (κ2) is 10.2. The highest BCUT2D eigenvalue weighted by molar-refractivity contribution is 5.93. The van der Waals surface area contributed by atoms with Crippen molar-refractivity contribution in [2.45, 2.75) is 0 Å². The Morgan fingerprint density at radius 3 is 2.29 bits per heavy atom. The lowest BCUT2D eigenvalue weighted by atomic mass is 10.1. The fourth-order valence-corrected chi connectivity index (χ4v) is 5.66. The van der Waals surface area contributed by atoms with Crippen molar-refractivity contribution in [2.75, 3.05) is 19.0 Å². The molecule has 42 heavy (non-hydrogen) atoms. The maximum absolute atomic E-state index is 10.3. The average molecular weight is 549 g/mol. The Morgan fingerprint density at radius 1 is 0.738 bits per heavy atom. The van der Waals surface area contributed by atoms with E-state index >= 15 is 0 Å². The van der Waals surface area contributed by atoms with Crippen molar-refractivity contribution in [3.8, 4) is 17.0 Å². The van der Waals surface area contributed by atoms with E-state index in [1.807, 2.05) is 62.6 Å². The summed E-state index contributed by atoms with van der Waals surface area (Å²) in [4.78, 5) is 2.09. The number of fused-ring (bicyclic) bond motifs is 4. The smallest absolute Gasteiger partial charge is 0.239 e. The topological polar surface area (TPSA) is 56.5 Å². The number of aromatic hydroxyl groups is 1. The molecule has 0 saturated carbocycles. The highest BCUT2D eigenvalue weighted by Crippen LogP contribution is 2.29. The minimum Gasteiger partial charge on any atom is -0.508 e. The van der Waals surface area contributed by atoms with E-state index in [-0.39, 0.29) is 5.75 Å². The third kappa shape index (κ3) is 4.43. The zero-order valence-corrected chi connectivity index (χ0v) is 23.7. The molecular weight excluding hydrogens is 518 g/mol. The third-order valence-corrected chi connectivity index (χ3v) is 7.85. The molecule has 2 heterocycles. The van der Waals surface area contributed by atoms with E-state index in [2.05, 4.69) is 98.1 Å². The van der Waals surface area contributed by atoms with Crippen LogP contribution in [0.5, 0.6) is 5.75 Å². The number of nitrogens with zero attached hydrogens (tertiary/aromatic N) is 5. The zero-order valence-electron chi connectivity index (χ0n) is 23.7. The minimum atomic E-state index is 0.254. The molecule has 0 radical (unpaired) electrons. The highest BCUT2D eigenvalue weighted by atomic mass is 16.3. The number of aryl methyl sites for hydroxylation is 1. The van der Waals surface area contributed by atoms with Gasteiger partial charge in [0.25, 0.3) is 0 Å². The monoisotopic (exact) mass is 548 g/mol. The van der Waals surface area contributed by atoms with E-state index in [9.17, 15) is 5.11 Å². The van der Waals surface area contributed by atoms with Gasteiger partial charge in [-0.05, 0) is 77.7 Å². The van der Waals surface area contributed by atoms with Gasteiger partial charge in [-0.15, -0.1) is 14.3 Å². The molecule has 0 bridgehead atoms. The van der Waals surface area contributed by atoms with Gasteiger partial charge in [0.1, 0.15) is 16.8 Å². The number of azo groups is 1. The number of hydrogen-bond donors (Lipinski definition) is 1. The molecule has 0 saturated heterocycles. The SMILES string of the molecule is CN(C)c1ccc(/C=c2/c3cc(O)ccc3n3c2cc(-c2ccc(N=Nc4cccc5ccccc45)cc2)[n+]3C)cc1. The first-order valence-electron chi connectivity index (χ1n) is 13.9. The molecule has 5 aromatic carbocycles. The van der Waals surface area contributed by atoms with Crippen molar-refractivity contribution in [3.63, 3.8) is 0 Å². The fraction of sp³-hybridized carbons (Fsp3) is 0.0833. The van der Waals surface area contributed by atoms with Gasteiger partial charge in [-0.3, -0.25) is 0 Å². The molecule has 1 N–H and O–H groups in total. The minimum absolute atomic E-state index is 0.254. The summed E-state index contributed by atoms with van der Waals surface area (Å²) in [6, 6.07) is 38.7. The molecule has 0 aliphatic rings. The van der Waals surface area contributed by atoms with E-state index < -0.39 is 0 Å². The molecule has 0 fully saturated rings. The van der Waals surface area contributed by atoms with Gasteiger partial charge in [0.05, 0.1) is 11.4 Å². The van der Waals surface area contributed by atoms with Crippen LogP contribution in [0, 0.1) is 0 Å². The maximum Gasteiger partial charge on any atom is 0.239 e. The Kier molecular flexibility index (Phi) is 6.16. The highest BCUT2D eigenvalue weighted by Gasteiger charge is 2.22. The molecule has 204 valence electrons. The number of hydrogen-bond acceptors (Lipinski definition) is 4.